The molecule has 2 aromatic rings. The lowest BCUT2D eigenvalue weighted by Crippen LogP contribution is -2.50. The van der Waals surface area contributed by atoms with Crippen LogP contribution in [0, 0.1) is 6.92 Å². The number of rotatable bonds is 2. The normalized spacial score (nSPS) is 15.3. The number of fused-ring (bicyclic) bond motifs is 1. The smallest absolute Gasteiger partial charge is 0.272 e. The van der Waals surface area contributed by atoms with Gasteiger partial charge in [0, 0.05) is 39.3 Å². The van der Waals surface area contributed by atoms with E-state index in [4.69, 9.17) is 0 Å². The van der Waals surface area contributed by atoms with Crippen LogP contribution >= 0.6 is 0 Å². The van der Waals surface area contributed by atoms with Crippen LogP contribution in [-0.2, 0) is 11.2 Å². The van der Waals surface area contributed by atoms with E-state index in [1.54, 1.807) is 11.8 Å². The van der Waals surface area contributed by atoms with Crippen LogP contribution in [-0.4, -0.2) is 57.2 Å². The van der Waals surface area contributed by atoms with Gasteiger partial charge in [0.15, 0.2) is 0 Å². The fourth-order valence-electron chi connectivity index (χ4n) is 3.10. The summed E-state index contributed by atoms with van der Waals surface area (Å²) in [6.07, 6.45) is 2.61. The summed E-state index contributed by atoms with van der Waals surface area (Å²) < 4.78 is 1.90. The van der Waals surface area contributed by atoms with Gasteiger partial charge < -0.3 is 9.80 Å². The number of hydrogen-bond donors (Lipinski definition) is 0. The zero-order chi connectivity index (χ0) is 16.6. The molecule has 0 unspecified atom stereocenters. The Morgan fingerprint density at radius 3 is 2.43 bits per heavy atom. The van der Waals surface area contributed by atoms with E-state index in [9.17, 15) is 9.59 Å². The van der Waals surface area contributed by atoms with E-state index < -0.39 is 0 Å². The fraction of sp³-hybridized carbons (Fsp3) is 0.471. The molecule has 0 bridgehead atoms. The molecule has 1 fully saturated rings. The second-order valence-electron chi connectivity index (χ2n) is 5.94. The molecule has 23 heavy (non-hydrogen) atoms. The standard InChI is InChI=1S/C17H22N4O2/c1-4-14-15(21-7-5-6-12(2)16(21)18-14)17(23)20-10-8-19(9-11-20)13(3)22/h5-7H,4,8-11H2,1-3H3. The van der Waals surface area contributed by atoms with Crippen LogP contribution in [0.15, 0.2) is 18.3 Å². The van der Waals surface area contributed by atoms with Crippen molar-refractivity contribution < 1.29 is 9.59 Å². The second-order valence-corrected chi connectivity index (χ2v) is 5.94. The minimum atomic E-state index is 0.00292. The minimum Gasteiger partial charge on any atom is -0.339 e. The molecular weight excluding hydrogens is 292 g/mol. The van der Waals surface area contributed by atoms with E-state index in [-0.39, 0.29) is 11.8 Å². The van der Waals surface area contributed by atoms with Crippen molar-refractivity contribution in [1.82, 2.24) is 19.2 Å². The Morgan fingerprint density at radius 2 is 1.83 bits per heavy atom. The summed E-state index contributed by atoms with van der Waals surface area (Å²) in [4.78, 5) is 32.7. The first-order valence-corrected chi connectivity index (χ1v) is 8.04. The van der Waals surface area contributed by atoms with E-state index in [0.717, 1.165) is 23.3 Å². The van der Waals surface area contributed by atoms with Gasteiger partial charge in [0.2, 0.25) is 5.91 Å². The van der Waals surface area contributed by atoms with Crippen molar-refractivity contribution in [2.24, 2.45) is 0 Å². The van der Waals surface area contributed by atoms with E-state index in [1.165, 1.54) is 0 Å². The number of carbonyl (C=O) groups is 2. The van der Waals surface area contributed by atoms with Crippen LogP contribution in [0.25, 0.3) is 5.65 Å². The van der Waals surface area contributed by atoms with Gasteiger partial charge in [-0.2, -0.15) is 0 Å². The SMILES string of the molecule is CCc1nc2c(C)cccn2c1C(=O)N1CCN(C(C)=O)CC1. The van der Waals surface area contributed by atoms with Gasteiger partial charge in [0.25, 0.3) is 5.91 Å². The minimum absolute atomic E-state index is 0.00292. The Balaban J connectivity index is 1.92. The molecule has 0 saturated carbocycles. The number of hydrogen-bond acceptors (Lipinski definition) is 3. The van der Waals surface area contributed by atoms with Crippen LogP contribution in [0.5, 0.6) is 0 Å². The summed E-state index contributed by atoms with van der Waals surface area (Å²) in [6, 6.07) is 3.94. The molecule has 0 atom stereocenters. The number of amides is 2. The summed E-state index contributed by atoms with van der Waals surface area (Å²) in [6.45, 7) is 7.92. The van der Waals surface area contributed by atoms with Gasteiger partial charge >= 0.3 is 0 Å². The summed E-state index contributed by atoms with van der Waals surface area (Å²) in [5, 5.41) is 0. The molecule has 0 radical (unpaired) electrons. The van der Waals surface area contributed by atoms with Gasteiger partial charge in [-0.3, -0.25) is 14.0 Å². The summed E-state index contributed by atoms with van der Waals surface area (Å²) in [7, 11) is 0. The molecule has 0 aromatic carbocycles. The molecule has 6 nitrogen and oxygen atoms in total. The number of aryl methyl sites for hydroxylation is 2. The van der Waals surface area contributed by atoms with E-state index >= 15 is 0 Å². The number of carbonyl (C=O) groups excluding carboxylic acids is 2. The highest BCUT2D eigenvalue weighted by Gasteiger charge is 2.27. The highest BCUT2D eigenvalue weighted by atomic mass is 16.2. The third kappa shape index (κ3) is 2.69. The van der Waals surface area contributed by atoms with Gasteiger partial charge in [-0.1, -0.05) is 13.0 Å². The fourth-order valence-corrected chi connectivity index (χ4v) is 3.10. The van der Waals surface area contributed by atoms with Crippen molar-refractivity contribution in [2.75, 3.05) is 26.2 Å². The molecule has 0 spiro atoms. The number of imidazole rings is 1. The van der Waals surface area contributed by atoms with Gasteiger partial charge in [-0.05, 0) is 25.0 Å². The first kappa shape index (κ1) is 15.5. The highest BCUT2D eigenvalue weighted by molar-refractivity contribution is 5.95. The van der Waals surface area contributed by atoms with Crippen LogP contribution in [0.4, 0.5) is 0 Å². The second kappa shape index (κ2) is 6.02. The van der Waals surface area contributed by atoms with E-state index in [0.29, 0.717) is 31.9 Å². The molecule has 1 aliphatic heterocycles. The number of pyridine rings is 1. The maximum absolute atomic E-state index is 13.0. The van der Waals surface area contributed by atoms with Gasteiger partial charge in [0.1, 0.15) is 11.3 Å². The number of piperazine rings is 1. The largest absolute Gasteiger partial charge is 0.339 e. The molecule has 2 aromatic heterocycles. The Hall–Kier alpha value is -2.37. The third-order valence-electron chi connectivity index (χ3n) is 4.47. The number of nitrogens with zero attached hydrogens (tertiary/aromatic N) is 4. The van der Waals surface area contributed by atoms with Crippen LogP contribution in [0.1, 0.15) is 35.6 Å². The van der Waals surface area contributed by atoms with Gasteiger partial charge in [-0.15, -0.1) is 0 Å². The van der Waals surface area contributed by atoms with Crippen LogP contribution in [0.2, 0.25) is 0 Å². The Kier molecular flexibility index (Phi) is 4.07. The first-order valence-electron chi connectivity index (χ1n) is 8.04. The Bertz CT molecular complexity index is 757. The quantitative estimate of drug-likeness (QED) is 0.844. The van der Waals surface area contributed by atoms with Gasteiger partial charge in [-0.25, -0.2) is 4.98 Å². The lowest BCUT2D eigenvalue weighted by Gasteiger charge is -2.34. The van der Waals surface area contributed by atoms with Crippen LogP contribution in [0.3, 0.4) is 0 Å². The van der Waals surface area contributed by atoms with Crippen molar-refractivity contribution in [2.45, 2.75) is 27.2 Å². The summed E-state index contributed by atoms with van der Waals surface area (Å²) in [5.41, 5.74) is 3.39. The van der Waals surface area contributed by atoms with Gasteiger partial charge in [0.05, 0.1) is 5.69 Å². The number of aromatic nitrogens is 2. The maximum atomic E-state index is 13.0. The van der Waals surface area contributed by atoms with Crippen LogP contribution < -0.4 is 0 Å². The molecule has 2 amide bonds. The van der Waals surface area contributed by atoms with E-state index in [2.05, 4.69) is 4.98 Å². The molecule has 6 heteroatoms. The predicted octanol–water partition coefficient (Wildman–Crippen LogP) is 1.51. The lowest BCUT2D eigenvalue weighted by molar-refractivity contribution is -0.130. The van der Waals surface area contributed by atoms with E-state index in [1.807, 2.05) is 41.5 Å². The molecule has 0 N–H and O–H groups in total. The lowest BCUT2D eigenvalue weighted by atomic mass is 10.2. The van der Waals surface area contributed by atoms with Crippen molar-refractivity contribution in [3.05, 3.63) is 35.3 Å². The monoisotopic (exact) mass is 314 g/mol. The molecular formula is C17H22N4O2. The molecule has 3 heterocycles. The maximum Gasteiger partial charge on any atom is 0.272 e. The molecule has 3 rings (SSSR count). The highest BCUT2D eigenvalue weighted by Crippen LogP contribution is 2.19. The Morgan fingerprint density at radius 1 is 1.17 bits per heavy atom. The molecule has 0 aliphatic carbocycles. The molecule has 1 aliphatic rings. The Labute approximate surface area is 135 Å². The summed E-state index contributed by atoms with van der Waals surface area (Å²) in [5.74, 6) is 0.0694. The zero-order valence-corrected chi connectivity index (χ0v) is 13.9. The predicted molar refractivity (Wildman–Crippen MR) is 87.5 cm³/mol. The van der Waals surface area contributed by atoms with Crippen molar-refractivity contribution in [1.29, 1.82) is 0 Å². The average Bonchev–Trinajstić information content (AvgIpc) is 2.94. The summed E-state index contributed by atoms with van der Waals surface area (Å²) >= 11 is 0. The topological polar surface area (TPSA) is 57.9 Å². The van der Waals surface area contributed by atoms with Crippen molar-refractivity contribution in [3.63, 3.8) is 0 Å². The van der Waals surface area contributed by atoms with Crippen molar-refractivity contribution in [3.8, 4) is 0 Å². The molecule has 122 valence electrons. The first-order chi connectivity index (χ1) is 11.0. The zero-order valence-electron chi connectivity index (χ0n) is 13.9. The third-order valence-corrected chi connectivity index (χ3v) is 4.47. The average molecular weight is 314 g/mol. The van der Waals surface area contributed by atoms with Crippen molar-refractivity contribution >= 4 is 17.5 Å². The molecule has 1 saturated heterocycles.